The van der Waals surface area contributed by atoms with Crippen LogP contribution in [0.2, 0.25) is 10.0 Å². The van der Waals surface area contributed by atoms with Crippen LogP contribution in [0.3, 0.4) is 0 Å². The maximum atomic E-state index is 12.6. The first-order chi connectivity index (χ1) is 15.6. The van der Waals surface area contributed by atoms with Gasteiger partial charge in [0.1, 0.15) is 12.4 Å². The number of aromatic nitrogens is 3. The Bertz CT molecular complexity index is 1420. The molecule has 170 valence electrons. The Labute approximate surface area is 199 Å². The summed E-state index contributed by atoms with van der Waals surface area (Å²) in [5.74, 6) is 0.435. The summed E-state index contributed by atoms with van der Waals surface area (Å²) in [6.45, 7) is 5.04. The first kappa shape index (κ1) is 23.0. The van der Waals surface area contributed by atoms with Crippen LogP contribution in [0.15, 0.2) is 52.8 Å². The normalized spacial score (nSPS) is 12.4. The summed E-state index contributed by atoms with van der Waals surface area (Å²) < 4.78 is 0. The van der Waals surface area contributed by atoms with Gasteiger partial charge in [0.2, 0.25) is 0 Å². The lowest BCUT2D eigenvalue weighted by Gasteiger charge is -2.16. The number of benzene rings is 1. The first-order valence-corrected chi connectivity index (χ1v) is 10.8. The van der Waals surface area contributed by atoms with E-state index in [1.54, 1.807) is 63.6 Å². The fourth-order valence-electron chi connectivity index (χ4n) is 3.26. The molecule has 0 aliphatic rings. The molecule has 0 amide bonds. The van der Waals surface area contributed by atoms with E-state index in [1.807, 2.05) is 0 Å². The highest BCUT2D eigenvalue weighted by atomic mass is 35.5. The Balaban J connectivity index is 1.73. The van der Waals surface area contributed by atoms with Crippen molar-refractivity contribution in [2.24, 2.45) is 5.16 Å². The van der Waals surface area contributed by atoms with Crippen LogP contribution in [0.1, 0.15) is 26.3 Å². The third kappa shape index (κ3) is 4.93. The van der Waals surface area contributed by atoms with E-state index in [9.17, 15) is 9.90 Å². The van der Waals surface area contributed by atoms with Gasteiger partial charge in [-0.3, -0.25) is 9.78 Å². The second-order valence-corrected chi connectivity index (χ2v) is 8.97. The highest BCUT2D eigenvalue weighted by molar-refractivity contribution is 6.40. The standard InChI is InChI=1S/C23H21Cl2N5O3/c1-12(30-33-11-23(2,3)32)13-8-16(24)20(17(25)9-13)29-21-14-4-7-27-22(31)19(14)15-10-26-6-5-18(15)28-21/h4-10,32H,11H2,1-3H3,(H,27,31)(H,28,29)/b30-12+. The third-order valence-corrected chi connectivity index (χ3v) is 5.43. The number of aliphatic hydroxyl groups is 1. The Hall–Kier alpha value is -3.20. The van der Waals surface area contributed by atoms with Crippen LogP contribution in [0.5, 0.6) is 0 Å². The van der Waals surface area contributed by atoms with Crippen LogP contribution < -0.4 is 10.9 Å². The average molecular weight is 486 g/mol. The van der Waals surface area contributed by atoms with Crippen LogP contribution in [-0.2, 0) is 4.84 Å². The molecule has 0 radical (unpaired) electrons. The molecular weight excluding hydrogens is 465 g/mol. The summed E-state index contributed by atoms with van der Waals surface area (Å²) >= 11 is 13.1. The van der Waals surface area contributed by atoms with E-state index >= 15 is 0 Å². The average Bonchev–Trinajstić information content (AvgIpc) is 2.75. The number of aromatic amines is 1. The zero-order valence-corrected chi connectivity index (χ0v) is 19.6. The first-order valence-electron chi connectivity index (χ1n) is 10.0. The second kappa shape index (κ2) is 8.97. The van der Waals surface area contributed by atoms with E-state index in [2.05, 4.69) is 25.4 Å². The number of halogens is 2. The Morgan fingerprint density at radius 1 is 1.24 bits per heavy atom. The lowest BCUT2D eigenvalue weighted by Crippen LogP contribution is -2.25. The number of hydrogen-bond acceptors (Lipinski definition) is 7. The molecule has 10 heteroatoms. The number of nitrogens with one attached hydrogen (secondary N) is 2. The SMILES string of the molecule is C/C(=N\OCC(C)(C)O)c1cc(Cl)c(Nc2nc3ccncc3c3c(=O)[nH]ccc23)c(Cl)c1. The highest BCUT2D eigenvalue weighted by Gasteiger charge is 2.16. The van der Waals surface area contributed by atoms with Gasteiger partial charge >= 0.3 is 0 Å². The molecule has 0 aliphatic heterocycles. The fourth-order valence-corrected chi connectivity index (χ4v) is 3.84. The van der Waals surface area contributed by atoms with Gasteiger partial charge in [-0.1, -0.05) is 28.4 Å². The van der Waals surface area contributed by atoms with E-state index in [-0.39, 0.29) is 12.2 Å². The number of nitrogens with zero attached hydrogens (tertiary/aromatic N) is 3. The maximum Gasteiger partial charge on any atom is 0.256 e. The lowest BCUT2D eigenvalue weighted by molar-refractivity contribution is -0.0189. The number of anilines is 2. The van der Waals surface area contributed by atoms with E-state index in [4.69, 9.17) is 28.0 Å². The van der Waals surface area contributed by atoms with Crippen molar-refractivity contribution in [1.82, 2.24) is 15.0 Å². The van der Waals surface area contributed by atoms with Gasteiger partial charge in [-0.05, 0) is 45.0 Å². The van der Waals surface area contributed by atoms with E-state index in [1.165, 1.54) is 0 Å². The minimum Gasteiger partial charge on any atom is -0.393 e. The molecule has 1 aromatic carbocycles. The molecule has 0 atom stereocenters. The molecule has 0 unspecified atom stereocenters. The smallest absolute Gasteiger partial charge is 0.256 e. The summed E-state index contributed by atoms with van der Waals surface area (Å²) in [6, 6.07) is 6.88. The van der Waals surface area contributed by atoms with Crippen LogP contribution >= 0.6 is 23.2 Å². The second-order valence-electron chi connectivity index (χ2n) is 8.15. The number of rotatable bonds is 6. The summed E-state index contributed by atoms with van der Waals surface area (Å²) in [5, 5.41) is 19.3. The number of fused-ring (bicyclic) bond motifs is 3. The third-order valence-electron chi connectivity index (χ3n) is 4.84. The van der Waals surface area contributed by atoms with Crippen LogP contribution in [0.4, 0.5) is 11.5 Å². The molecule has 0 spiro atoms. The summed E-state index contributed by atoms with van der Waals surface area (Å²) in [5.41, 5.74) is 0.997. The Morgan fingerprint density at radius 2 is 1.97 bits per heavy atom. The van der Waals surface area contributed by atoms with Crippen molar-refractivity contribution in [3.05, 3.63) is 68.8 Å². The molecular formula is C23H21Cl2N5O3. The van der Waals surface area contributed by atoms with Crippen LogP contribution in [0.25, 0.3) is 21.7 Å². The van der Waals surface area contributed by atoms with Gasteiger partial charge in [-0.25, -0.2) is 4.98 Å². The quantitative estimate of drug-likeness (QED) is 0.200. The van der Waals surface area contributed by atoms with Gasteiger partial charge in [0, 0.05) is 34.9 Å². The van der Waals surface area contributed by atoms with Crippen LogP contribution in [-0.4, -0.2) is 38.0 Å². The van der Waals surface area contributed by atoms with Gasteiger partial charge in [-0.15, -0.1) is 0 Å². The van der Waals surface area contributed by atoms with E-state index in [0.29, 0.717) is 54.5 Å². The monoisotopic (exact) mass is 485 g/mol. The minimum absolute atomic E-state index is 0.0425. The lowest BCUT2D eigenvalue weighted by atomic mass is 10.1. The Morgan fingerprint density at radius 3 is 2.67 bits per heavy atom. The zero-order chi connectivity index (χ0) is 23.8. The fraction of sp³-hybridized carbons (Fsp3) is 0.217. The van der Waals surface area contributed by atoms with Crippen molar-refractivity contribution in [2.45, 2.75) is 26.4 Å². The summed E-state index contributed by atoms with van der Waals surface area (Å²) in [4.78, 5) is 29.2. The predicted octanol–water partition coefficient (Wildman–Crippen LogP) is 5.03. The predicted molar refractivity (Wildman–Crippen MR) is 132 cm³/mol. The van der Waals surface area contributed by atoms with Crippen molar-refractivity contribution >= 4 is 62.1 Å². The maximum absolute atomic E-state index is 12.6. The minimum atomic E-state index is -1.000. The van der Waals surface area contributed by atoms with Crippen molar-refractivity contribution in [3.63, 3.8) is 0 Å². The van der Waals surface area contributed by atoms with Gasteiger partial charge < -0.3 is 20.2 Å². The number of pyridine rings is 3. The molecule has 3 N–H and O–H groups in total. The van der Waals surface area contributed by atoms with Crippen molar-refractivity contribution in [2.75, 3.05) is 11.9 Å². The van der Waals surface area contributed by atoms with E-state index < -0.39 is 5.60 Å². The molecule has 0 bridgehead atoms. The van der Waals surface area contributed by atoms with Crippen molar-refractivity contribution in [1.29, 1.82) is 0 Å². The largest absolute Gasteiger partial charge is 0.393 e. The number of hydrogen-bond donors (Lipinski definition) is 3. The zero-order valence-electron chi connectivity index (χ0n) is 18.1. The Kier molecular flexibility index (Phi) is 6.25. The summed E-state index contributed by atoms with van der Waals surface area (Å²) in [7, 11) is 0. The van der Waals surface area contributed by atoms with Crippen molar-refractivity contribution in [3.8, 4) is 0 Å². The van der Waals surface area contributed by atoms with Gasteiger partial charge in [0.05, 0.1) is 37.9 Å². The molecule has 3 heterocycles. The van der Waals surface area contributed by atoms with Crippen molar-refractivity contribution < 1.29 is 9.94 Å². The molecule has 4 aromatic rings. The van der Waals surface area contributed by atoms with Gasteiger partial charge in [-0.2, -0.15) is 0 Å². The molecule has 0 aliphatic carbocycles. The summed E-state index contributed by atoms with van der Waals surface area (Å²) in [6.07, 6.45) is 4.78. The molecule has 0 saturated carbocycles. The highest BCUT2D eigenvalue weighted by Crippen LogP contribution is 2.36. The topological polar surface area (TPSA) is 112 Å². The van der Waals surface area contributed by atoms with Gasteiger partial charge in [0.25, 0.3) is 5.56 Å². The van der Waals surface area contributed by atoms with Crippen LogP contribution in [0, 0.1) is 0 Å². The van der Waals surface area contributed by atoms with E-state index in [0.717, 1.165) is 0 Å². The molecule has 8 nitrogen and oxygen atoms in total. The molecule has 0 fully saturated rings. The number of oxime groups is 1. The molecule has 0 saturated heterocycles. The molecule has 33 heavy (non-hydrogen) atoms. The molecule has 4 rings (SSSR count). The molecule has 3 aromatic heterocycles. The number of H-pyrrole nitrogens is 1. The van der Waals surface area contributed by atoms with Gasteiger partial charge in [0.15, 0.2) is 0 Å².